The van der Waals surface area contributed by atoms with Gasteiger partial charge in [-0.2, -0.15) is 5.10 Å². The van der Waals surface area contributed by atoms with Crippen molar-refractivity contribution in [3.05, 3.63) is 71.3 Å². The van der Waals surface area contributed by atoms with Gasteiger partial charge in [-0.15, -0.1) is 0 Å². The number of benzene rings is 2. The minimum Gasteiger partial charge on any atom is -0.478 e. The molecule has 0 heterocycles. The molecule has 5 heteroatoms. The van der Waals surface area contributed by atoms with Crippen molar-refractivity contribution in [3.8, 4) is 0 Å². The van der Waals surface area contributed by atoms with Crippen LogP contribution in [0, 0.1) is 0 Å². The number of hydrogen-bond acceptors (Lipinski definition) is 3. The summed E-state index contributed by atoms with van der Waals surface area (Å²) in [5, 5.41) is 12.6. The second-order valence-electron chi connectivity index (χ2n) is 4.38. The Morgan fingerprint density at radius 2 is 1.71 bits per heavy atom. The third-order valence-corrected chi connectivity index (χ3v) is 2.77. The van der Waals surface area contributed by atoms with Crippen molar-refractivity contribution >= 4 is 18.1 Å². The average molecular weight is 282 g/mol. The normalized spacial score (nSPS) is 10.5. The van der Waals surface area contributed by atoms with Crippen molar-refractivity contribution in [2.45, 2.75) is 6.42 Å². The van der Waals surface area contributed by atoms with Gasteiger partial charge in [0.1, 0.15) is 0 Å². The SMILES string of the molecule is O=C(Cc1ccccc1)N/N=C/c1ccc(C(=O)O)cc1. The molecule has 2 aromatic carbocycles. The van der Waals surface area contributed by atoms with Crippen molar-refractivity contribution in [1.29, 1.82) is 0 Å². The van der Waals surface area contributed by atoms with E-state index in [-0.39, 0.29) is 17.9 Å². The number of aromatic carboxylic acids is 1. The predicted molar refractivity (Wildman–Crippen MR) is 79.3 cm³/mol. The fraction of sp³-hybridized carbons (Fsp3) is 0.0625. The van der Waals surface area contributed by atoms with Gasteiger partial charge in [0.05, 0.1) is 18.2 Å². The quantitative estimate of drug-likeness (QED) is 0.651. The number of nitrogens with one attached hydrogen (secondary N) is 1. The van der Waals surface area contributed by atoms with Crippen LogP contribution in [0.15, 0.2) is 59.7 Å². The fourth-order valence-corrected chi connectivity index (χ4v) is 1.71. The van der Waals surface area contributed by atoms with Gasteiger partial charge in [-0.1, -0.05) is 42.5 Å². The van der Waals surface area contributed by atoms with Crippen molar-refractivity contribution < 1.29 is 14.7 Å². The summed E-state index contributed by atoms with van der Waals surface area (Å²) >= 11 is 0. The molecule has 1 amide bonds. The van der Waals surface area contributed by atoms with E-state index in [4.69, 9.17) is 5.11 Å². The van der Waals surface area contributed by atoms with Crippen LogP contribution in [-0.2, 0) is 11.2 Å². The number of carboxylic acids is 1. The predicted octanol–water partition coefficient (Wildman–Crippen LogP) is 2.08. The molecule has 0 aliphatic rings. The summed E-state index contributed by atoms with van der Waals surface area (Å²) in [6.07, 6.45) is 1.73. The molecule has 0 aromatic heterocycles. The summed E-state index contributed by atoms with van der Waals surface area (Å²) in [6.45, 7) is 0. The number of carbonyl (C=O) groups is 2. The summed E-state index contributed by atoms with van der Waals surface area (Å²) in [5.41, 5.74) is 4.26. The molecule has 5 nitrogen and oxygen atoms in total. The molecule has 106 valence electrons. The van der Waals surface area contributed by atoms with Crippen LogP contribution in [0.25, 0.3) is 0 Å². The first kappa shape index (κ1) is 14.5. The smallest absolute Gasteiger partial charge is 0.335 e. The Kier molecular flexibility index (Phi) is 4.82. The van der Waals surface area contributed by atoms with Gasteiger partial charge in [0, 0.05) is 0 Å². The van der Waals surface area contributed by atoms with Crippen LogP contribution in [0.4, 0.5) is 0 Å². The van der Waals surface area contributed by atoms with Crippen LogP contribution >= 0.6 is 0 Å². The van der Waals surface area contributed by atoms with Gasteiger partial charge >= 0.3 is 5.97 Å². The second kappa shape index (κ2) is 7.00. The highest BCUT2D eigenvalue weighted by Gasteiger charge is 2.02. The first-order chi connectivity index (χ1) is 10.1. The Bertz CT molecular complexity index is 649. The van der Waals surface area contributed by atoms with Crippen LogP contribution in [0.5, 0.6) is 0 Å². The van der Waals surface area contributed by atoms with Crippen LogP contribution in [-0.4, -0.2) is 23.2 Å². The standard InChI is InChI=1S/C16H14N2O3/c19-15(10-12-4-2-1-3-5-12)18-17-11-13-6-8-14(9-7-13)16(20)21/h1-9,11H,10H2,(H,18,19)(H,20,21)/b17-11+. The van der Waals surface area contributed by atoms with E-state index in [1.54, 1.807) is 12.1 Å². The zero-order valence-corrected chi connectivity index (χ0v) is 11.2. The maximum Gasteiger partial charge on any atom is 0.335 e. The van der Waals surface area contributed by atoms with Gasteiger partial charge in [0.15, 0.2) is 0 Å². The number of hydrazone groups is 1. The number of carbonyl (C=O) groups excluding carboxylic acids is 1. The van der Waals surface area contributed by atoms with E-state index in [0.29, 0.717) is 5.56 Å². The highest BCUT2D eigenvalue weighted by atomic mass is 16.4. The molecular weight excluding hydrogens is 268 g/mol. The van der Waals surface area contributed by atoms with Crippen LogP contribution in [0.1, 0.15) is 21.5 Å². The van der Waals surface area contributed by atoms with Crippen molar-refractivity contribution in [1.82, 2.24) is 5.43 Å². The van der Waals surface area contributed by atoms with Crippen molar-refractivity contribution in [2.75, 3.05) is 0 Å². The van der Waals surface area contributed by atoms with Gasteiger partial charge in [0.2, 0.25) is 5.91 Å². The number of hydrogen-bond donors (Lipinski definition) is 2. The molecule has 21 heavy (non-hydrogen) atoms. The molecule has 0 bridgehead atoms. The van der Waals surface area contributed by atoms with Crippen molar-refractivity contribution in [3.63, 3.8) is 0 Å². The zero-order valence-electron chi connectivity index (χ0n) is 11.2. The Balaban J connectivity index is 1.87. The largest absolute Gasteiger partial charge is 0.478 e. The highest BCUT2D eigenvalue weighted by molar-refractivity contribution is 5.89. The topological polar surface area (TPSA) is 78.8 Å². The molecule has 0 unspecified atom stereocenters. The average Bonchev–Trinajstić information content (AvgIpc) is 2.49. The molecule has 2 rings (SSSR count). The molecular formula is C16H14N2O3. The van der Waals surface area contributed by atoms with Gasteiger partial charge in [-0.3, -0.25) is 4.79 Å². The number of carboxylic acid groups (broad SMARTS) is 1. The lowest BCUT2D eigenvalue weighted by molar-refractivity contribution is -0.120. The molecule has 2 N–H and O–H groups in total. The third kappa shape index (κ3) is 4.58. The zero-order chi connectivity index (χ0) is 15.1. The Morgan fingerprint density at radius 1 is 1.05 bits per heavy atom. The summed E-state index contributed by atoms with van der Waals surface area (Å²) in [6, 6.07) is 15.6. The molecule has 0 fully saturated rings. The van der Waals surface area contributed by atoms with Gasteiger partial charge in [-0.05, 0) is 23.3 Å². The fourth-order valence-electron chi connectivity index (χ4n) is 1.71. The molecule has 0 aliphatic carbocycles. The van der Waals surface area contributed by atoms with E-state index in [2.05, 4.69) is 10.5 Å². The summed E-state index contributed by atoms with van der Waals surface area (Å²) in [4.78, 5) is 22.3. The number of nitrogens with zero attached hydrogens (tertiary/aromatic N) is 1. The van der Waals surface area contributed by atoms with Crippen LogP contribution in [0.2, 0.25) is 0 Å². The lowest BCUT2D eigenvalue weighted by atomic mass is 10.1. The molecule has 0 atom stereocenters. The Labute approximate surface area is 121 Å². The minimum absolute atomic E-state index is 0.209. The Hall–Kier alpha value is -2.95. The monoisotopic (exact) mass is 282 g/mol. The van der Waals surface area contributed by atoms with Crippen molar-refractivity contribution in [2.24, 2.45) is 5.10 Å². The van der Waals surface area contributed by atoms with E-state index >= 15 is 0 Å². The first-order valence-corrected chi connectivity index (χ1v) is 6.34. The maximum absolute atomic E-state index is 11.6. The van der Waals surface area contributed by atoms with E-state index in [0.717, 1.165) is 5.56 Å². The van der Waals surface area contributed by atoms with Gasteiger partial charge in [0.25, 0.3) is 0 Å². The lowest BCUT2D eigenvalue weighted by Gasteiger charge is -2.00. The third-order valence-electron chi connectivity index (χ3n) is 2.77. The second-order valence-corrected chi connectivity index (χ2v) is 4.38. The van der Waals surface area contributed by atoms with Gasteiger partial charge < -0.3 is 5.11 Å². The molecule has 0 aliphatic heterocycles. The minimum atomic E-state index is -0.977. The summed E-state index contributed by atoms with van der Waals surface area (Å²) in [5.74, 6) is -1.19. The molecule has 0 spiro atoms. The van der Waals surface area contributed by atoms with E-state index in [1.165, 1.54) is 18.3 Å². The molecule has 2 aromatic rings. The molecule has 0 saturated carbocycles. The van der Waals surface area contributed by atoms with Gasteiger partial charge in [-0.25, -0.2) is 10.2 Å². The van der Waals surface area contributed by atoms with E-state index < -0.39 is 5.97 Å². The first-order valence-electron chi connectivity index (χ1n) is 6.34. The number of amides is 1. The van der Waals surface area contributed by atoms with Crippen LogP contribution < -0.4 is 5.43 Å². The number of rotatable bonds is 5. The maximum atomic E-state index is 11.6. The van der Waals surface area contributed by atoms with E-state index in [1.807, 2.05) is 30.3 Å². The Morgan fingerprint density at radius 3 is 2.33 bits per heavy atom. The molecule has 0 saturated heterocycles. The lowest BCUT2D eigenvalue weighted by Crippen LogP contribution is -2.19. The highest BCUT2D eigenvalue weighted by Crippen LogP contribution is 2.02. The van der Waals surface area contributed by atoms with Crippen LogP contribution in [0.3, 0.4) is 0 Å². The van der Waals surface area contributed by atoms with E-state index in [9.17, 15) is 9.59 Å². The molecule has 0 radical (unpaired) electrons. The summed E-state index contributed by atoms with van der Waals surface area (Å²) < 4.78 is 0. The summed E-state index contributed by atoms with van der Waals surface area (Å²) in [7, 11) is 0.